The fraction of sp³-hybridized carbons (Fsp3) is 0.111. The van der Waals surface area contributed by atoms with E-state index in [4.69, 9.17) is 0 Å². The van der Waals surface area contributed by atoms with Crippen LogP contribution in [0, 0.1) is 17.0 Å². The lowest BCUT2D eigenvalue weighted by molar-refractivity contribution is -0.385. The highest BCUT2D eigenvalue weighted by atomic mass is 32.1. The Morgan fingerprint density at radius 3 is 2.84 bits per heavy atom. The number of carbonyl (C=O) groups is 1. The first-order valence-electron chi connectivity index (χ1n) is 7.54. The van der Waals surface area contributed by atoms with E-state index in [1.807, 2.05) is 28.8 Å². The predicted molar refractivity (Wildman–Crippen MR) is 97.7 cm³/mol. The van der Waals surface area contributed by atoms with Crippen LogP contribution in [-0.4, -0.2) is 15.4 Å². The molecule has 0 N–H and O–H groups in total. The van der Waals surface area contributed by atoms with Crippen LogP contribution in [0.25, 0.3) is 10.2 Å². The van der Waals surface area contributed by atoms with Crippen molar-refractivity contribution in [3.63, 3.8) is 0 Å². The van der Waals surface area contributed by atoms with Crippen molar-refractivity contribution in [3.8, 4) is 0 Å². The van der Waals surface area contributed by atoms with Gasteiger partial charge in [-0.2, -0.15) is 4.99 Å². The first-order valence-corrected chi connectivity index (χ1v) is 8.36. The Hall–Kier alpha value is -3.06. The highest BCUT2D eigenvalue weighted by Gasteiger charge is 2.15. The van der Waals surface area contributed by atoms with Crippen molar-refractivity contribution in [1.82, 2.24) is 4.57 Å². The van der Waals surface area contributed by atoms with Crippen molar-refractivity contribution < 1.29 is 9.72 Å². The minimum absolute atomic E-state index is 0.0867. The fourth-order valence-electron chi connectivity index (χ4n) is 2.50. The Morgan fingerprint density at radius 2 is 2.12 bits per heavy atom. The maximum absolute atomic E-state index is 12.5. The minimum Gasteiger partial charge on any atom is -0.312 e. The predicted octanol–water partition coefficient (Wildman–Crippen LogP) is 3.85. The topological polar surface area (TPSA) is 77.5 Å². The first-order chi connectivity index (χ1) is 12.0. The Morgan fingerprint density at radius 1 is 1.36 bits per heavy atom. The quantitative estimate of drug-likeness (QED) is 0.406. The number of fused-ring (bicyclic) bond motifs is 1. The molecule has 0 saturated heterocycles. The van der Waals surface area contributed by atoms with Crippen molar-refractivity contribution in [2.45, 2.75) is 13.5 Å². The molecule has 0 spiro atoms. The normalized spacial score (nSPS) is 11.6. The second-order valence-corrected chi connectivity index (χ2v) is 6.44. The van der Waals surface area contributed by atoms with Crippen LogP contribution in [-0.2, 0) is 6.54 Å². The molecule has 0 radical (unpaired) electrons. The monoisotopic (exact) mass is 353 g/mol. The van der Waals surface area contributed by atoms with Gasteiger partial charge in [0, 0.05) is 23.7 Å². The summed E-state index contributed by atoms with van der Waals surface area (Å²) in [6.07, 6.45) is 1.74. The lowest BCUT2D eigenvalue weighted by atomic mass is 10.1. The Balaban J connectivity index is 2.12. The highest BCUT2D eigenvalue weighted by Crippen LogP contribution is 2.20. The van der Waals surface area contributed by atoms with E-state index in [1.165, 1.54) is 17.4 Å². The molecule has 0 saturated carbocycles. The van der Waals surface area contributed by atoms with Crippen LogP contribution in [0.3, 0.4) is 0 Å². The average molecular weight is 353 g/mol. The molecule has 0 fully saturated rings. The average Bonchev–Trinajstić information content (AvgIpc) is 2.93. The van der Waals surface area contributed by atoms with Crippen LogP contribution in [0.2, 0.25) is 0 Å². The maximum Gasteiger partial charge on any atom is 0.279 e. The van der Waals surface area contributed by atoms with E-state index in [0.717, 1.165) is 10.2 Å². The summed E-state index contributed by atoms with van der Waals surface area (Å²) < 4.78 is 2.90. The van der Waals surface area contributed by atoms with Gasteiger partial charge in [0.25, 0.3) is 11.6 Å². The summed E-state index contributed by atoms with van der Waals surface area (Å²) in [5.74, 6) is -0.507. The van der Waals surface area contributed by atoms with Gasteiger partial charge in [0.2, 0.25) is 0 Å². The van der Waals surface area contributed by atoms with E-state index in [0.29, 0.717) is 16.9 Å². The van der Waals surface area contributed by atoms with E-state index in [9.17, 15) is 14.9 Å². The molecule has 3 aromatic rings. The van der Waals surface area contributed by atoms with Gasteiger partial charge in [0.1, 0.15) is 0 Å². The Bertz CT molecular complexity index is 1060. The van der Waals surface area contributed by atoms with Crippen molar-refractivity contribution >= 4 is 33.1 Å². The molecule has 1 heterocycles. The molecular weight excluding hydrogens is 338 g/mol. The van der Waals surface area contributed by atoms with Crippen molar-refractivity contribution in [2.24, 2.45) is 4.99 Å². The number of nitro groups is 1. The number of nitrogens with zero attached hydrogens (tertiary/aromatic N) is 3. The number of benzene rings is 2. The summed E-state index contributed by atoms with van der Waals surface area (Å²) in [6, 6.07) is 12.1. The summed E-state index contributed by atoms with van der Waals surface area (Å²) in [5.41, 5.74) is 1.58. The molecule has 0 atom stereocenters. The zero-order chi connectivity index (χ0) is 18.0. The van der Waals surface area contributed by atoms with Crippen LogP contribution in [0.1, 0.15) is 15.9 Å². The second-order valence-electron chi connectivity index (χ2n) is 5.43. The maximum atomic E-state index is 12.5. The molecule has 2 aromatic carbocycles. The zero-order valence-electron chi connectivity index (χ0n) is 13.5. The van der Waals surface area contributed by atoms with Gasteiger partial charge in [0.05, 0.1) is 15.1 Å². The molecule has 1 amide bonds. The number of aromatic nitrogens is 1. The van der Waals surface area contributed by atoms with E-state index in [1.54, 1.807) is 25.1 Å². The SMILES string of the molecule is C=CCn1c(=NC(=O)c2ccc(C)c([N+](=O)[O-])c2)sc2ccccc21. The summed E-state index contributed by atoms with van der Waals surface area (Å²) >= 11 is 1.39. The van der Waals surface area contributed by atoms with E-state index < -0.39 is 10.8 Å². The van der Waals surface area contributed by atoms with Crippen LogP contribution >= 0.6 is 11.3 Å². The molecule has 0 bridgehead atoms. The second kappa shape index (κ2) is 6.82. The first kappa shape index (κ1) is 16.8. The fourth-order valence-corrected chi connectivity index (χ4v) is 3.54. The molecule has 0 unspecified atom stereocenters. The van der Waals surface area contributed by atoms with Crippen LogP contribution in [0.5, 0.6) is 0 Å². The summed E-state index contributed by atoms with van der Waals surface area (Å²) in [5, 5.41) is 11.1. The van der Waals surface area contributed by atoms with Crippen LogP contribution in [0.15, 0.2) is 60.1 Å². The highest BCUT2D eigenvalue weighted by molar-refractivity contribution is 7.16. The van der Waals surface area contributed by atoms with Gasteiger partial charge in [-0.25, -0.2) is 0 Å². The number of thiazole rings is 1. The number of para-hydroxylation sites is 1. The summed E-state index contributed by atoms with van der Waals surface area (Å²) in [7, 11) is 0. The molecule has 0 aliphatic heterocycles. The van der Waals surface area contributed by atoms with E-state index in [2.05, 4.69) is 11.6 Å². The van der Waals surface area contributed by atoms with E-state index in [-0.39, 0.29) is 11.3 Å². The molecule has 1 aromatic heterocycles. The number of hydrogen-bond acceptors (Lipinski definition) is 4. The molecular formula is C18H15N3O3S. The van der Waals surface area contributed by atoms with Crippen LogP contribution in [0.4, 0.5) is 5.69 Å². The number of carbonyl (C=O) groups excluding carboxylic acids is 1. The van der Waals surface area contributed by atoms with Gasteiger partial charge in [0.15, 0.2) is 4.80 Å². The molecule has 0 aliphatic rings. The molecule has 126 valence electrons. The van der Waals surface area contributed by atoms with Crippen LogP contribution < -0.4 is 4.80 Å². The Labute approximate surface area is 147 Å². The van der Waals surface area contributed by atoms with Gasteiger partial charge >= 0.3 is 0 Å². The minimum atomic E-state index is -0.507. The number of rotatable bonds is 4. The van der Waals surface area contributed by atoms with Gasteiger partial charge in [-0.15, -0.1) is 6.58 Å². The number of hydrogen-bond donors (Lipinski definition) is 0. The summed E-state index contributed by atoms with van der Waals surface area (Å²) in [6.45, 7) is 5.89. The number of nitro benzene ring substituents is 1. The third kappa shape index (κ3) is 3.27. The molecule has 6 nitrogen and oxygen atoms in total. The lowest BCUT2D eigenvalue weighted by Crippen LogP contribution is -2.16. The largest absolute Gasteiger partial charge is 0.312 e. The van der Waals surface area contributed by atoms with Gasteiger partial charge in [-0.3, -0.25) is 14.9 Å². The van der Waals surface area contributed by atoms with Crippen molar-refractivity contribution in [2.75, 3.05) is 0 Å². The standard InChI is InChI=1S/C18H15N3O3S/c1-3-10-20-14-6-4-5-7-16(14)25-18(20)19-17(22)13-9-8-12(2)15(11-13)21(23)24/h3-9,11H,1,10H2,2H3. The molecule has 3 rings (SSSR count). The van der Waals surface area contributed by atoms with E-state index >= 15 is 0 Å². The smallest absolute Gasteiger partial charge is 0.279 e. The summed E-state index contributed by atoms with van der Waals surface area (Å²) in [4.78, 5) is 27.8. The van der Waals surface area contributed by atoms with Gasteiger partial charge in [-0.1, -0.05) is 35.6 Å². The number of aryl methyl sites for hydroxylation is 1. The van der Waals surface area contributed by atoms with Gasteiger partial charge in [-0.05, 0) is 25.1 Å². The molecule has 7 heteroatoms. The molecule has 0 aliphatic carbocycles. The third-order valence-electron chi connectivity index (χ3n) is 3.75. The van der Waals surface area contributed by atoms with Crippen molar-refractivity contribution in [1.29, 1.82) is 0 Å². The third-order valence-corrected chi connectivity index (χ3v) is 4.81. The Kier molecular flexibility index (Phi) is 4.58. The number of allylic oxidation sites excluding steroid dienone is 1. The van der Waals surface area contributed by atoms with Crippen molar-refractivity contribution in [3.05, 3.63) is 81.2 Å². The molecule has 25 heavy (non-hydrogen) atoms. The van der Waals surface area contributed by atoms with Gasteiger partial charge < -0.3 is 4.57 Å². The number of amides is 1. The zero-order valence-corrected chi connectivity index (χ0v) is 14.3. The lowest BCUT2D eigenvalue weighted by Gasteiger charge is -2.01.